The minimum Gasteiger partial charge on any atom is -0.493 e. The van der Waals surface area contributed by atoms with E-state index < -0.39 is 0 Å². The molecular weight excluding hydrogens is 360 g/mol. The molecular formula is C21H22N2O5. The summed E-state index contributed by atoms with van der Waals surface area (Å²) in [6.07, 6.45) is 1.31. The molecule has 0 atom stereocenters. The maximum atomic E-state index is 12.3. The standard InChI is InChI=1S/C21H22N2O5/c1-25-17-8-7-14(13-18(17)26-12-9-19-27-10-4-11-28-19)20-22-16-6-3-2-5-15(16)21(24)23-20/h2-3,5-8,13,19H,4,9-12H2,1H3,(H,22,23,24). The van der Waals surface area contributed by atoms with E-state index in [1.54, 1.807) is 19.2 Å². The number of aromatic nitrogens is 2. The number of H-pyrrole nitrogens is 1. The van der Waals surface area contributed by atoms with Crippen molar-refractivity contribution < 1.29 is 18.9 Å². The fourth-order valence-electron chi connectivity index (χ4n) is 3.13. The van der Waals surface area contributed by atoms with Crippen LogP contribution < -0.4 is 15.0 Å². The molecule has 1 aliphatic heterocycles. The van der Waals surface area contributed by atoms with E-state index >= 15 is 0 Å². The van der Waals surface area contributed by atoms with Crippen LogP contribution in [0.15, 0.2) is 47.3 Å². The van der Waals surface area contributed by atoms with Crippen LogP contribution in [0.25, 0.3) is 22.3 Å². The van der Waals surface area contributed by atoms with Crippen molar-refractivity contribution in [2.75, 3.05) is 26.9 Å². The molecule has 0 bridgehead atoms. The zero-order valence-corrected chi connectivity index (χ0v) is 15.6. The summed E-state index contributed by atoms with van der Waals surface area (Å²) in [5, 5.41) is 0.559. The van der Waals surface area contributed by atoms with Gasteiger partial charge in [0.15, 0.2) is 17.8 Å². The van der Waals surface area contributed by atoms with Crippen LogP contribution in [0, 0.1) is 0 Å². The molecule has 1 fully saturated rings. The minimum atomic E-state index is -0.235. The van der Waals surface area contributed by atoms with Crippen molar-refractivity contribution in [1.82, 2.24) is 9.97 Å². The molecule has 0 radical (unpaired) electrons. The van der Waals surface area contributed by atoms with Crippen LogP contribution >= 0.6 is 0 Å². The van der Waals surface area contributed by atoms with E-state index in [-0.39, 0.29) is 11.8 Å². The number of hydrogen-bond acceptors (Lipinski definition) is 6. The number of para-hydroxylation sites is 1. The first kappa shape index (κ1) is 18.5. The smallest absolute Gasteiger partial charge is 0.259 e. The summed E-state index contributed by atoms with van der Waals surface area (Å²) in [6.45, 7) is 1.85. The molecule has 1 N–H and O–H groups in total. The predicted octanol–water partition coefficient (Wildman–Crippen LogP) is 3.13. The number of nitrogens with zero attached hydrogens (tertiary/aromatic N) is 1. The lowest BCUT2D eigenvalue weighted by Gasteiger charge is -2.23. The normalized spacial score (nSPS) is 14.9. The Hall–Kier alpha value is -2.90. The zero-order chi connectivity index (χ0) is 19.3. The van der Waals surface area contributed by atoms with Gasteiger partial charge < -0.3 is 23.9 Å². The molecule has 0 saturated carbocycles. The Morgan fingerprint density at radius 1 is 1.14 bits per heavy atom. The van der Waals surface area contributed by atoms with Crippen LogP contribution in [-0.2, 0) is 9.47 Å². The summed E-state index contributed by atoms with van der Waals surface area (Å²) in [6, 6.07) is 12.7. The Labute approximate surface area is 162 Å². The fourth-order valence-corrected chi connectivity index (χ4v) is 3.13. The third-order valence-corrected chi connectivity index (χ3v) is 4.56. The van der Waals surface area contributed by atoms with Gasteiger partial charge >= 0.3 is 0 Å². The minimum absolute atomic E-state index is 0.175. The SMILES string of the molecule is COc1ccc(-c2nc3ccccc3c(=O)[nH]2)cc1OCCC1OCCCO1. The van der Waals surface area contributed by atoms with Gasteiger partial charge in [-0.25, -0.2) is 4.98 Å². The lowest BCUT2D eigenvalue weighted by atomic mass is 10.1. The number of ether oxygens (including phenoxy) is 4. The van der Waals surface area contributed by atoms with E-state index in [0.717, 1.165) is 12.0 Å². The molecule has 0 amide bonds. The molecule has 1 aromatic heterocycles. The molecule has 0 spiro atoms. The highest BCUT2D eigenvalue weighted by Gasteiger charge is 2.15. The van der Waals surface area contributed by atoms with E-state index in [4.69, 9.17) is 18.9 Å². The van der Waals surface area contributed by atoms with Crippen molar-refractivity contribution in [3.05, 3.63) is 52.8 Å². The Kier molecular flexibility index (Phi) is 5.55. The number of nitrogens with one attached hydrogen (secondary N) is 1. The van der Waals surface area contributed by atoms with Crippen molar-refractivity contribution in [1.29, 1.82) is 0 Å². The zero-order valence-electron chi connectivity index (χ0n) is 15.6. The van der Waals surface area contributed by atoms with Crippen molar-refractivity contribution in [2.24, 2.45) is 0 Å². The van der Waals surface area contributed by atoms with E-state index in [1.165, 1.54) is 0 Å². The molecule has 4 rings (SSSR count). The third-order valence-electron chi connectivity index (χ3n) is 4.56. The van der Waals surface area contributed by atoms with E-state index in [0.29, 0.717) is 54.5 Å². The highest BCUT2D eigenvalue weighted by Crippen LogP contribution is 2.31. The van der Waals surface area contributed by atoms with Crippen molar-refractivity contribution in [3.8, 4) is 22.9 Å². The number of aromatic amines is 1. The first-order chi connectivity index (χ1) is 13.7. The second-order valence-corrected chi connectivity index (χ2v) is 6.46. The molecule has 2 heterocycles. The number of benzene rings is 2. The number of hydrogen-bond donors (Lipinski definition) is 1. The Balaban J connectivity index is 1.57. The van der Waals surface area contributed by atoms with Crippen LogP contribution in [0.5, 0.6) is 11.5 Å². The van der Waals surface area contributed by atoms with Gasteiger partial charge in [-0.05, 0) is 36.8 Å². The van der Waals surface area contributed by atoms with Crippen LogP contribution in [0.3, 0.4) is 0 Å². The number of methoxy groups -OCH3 is 1. The van der Waals surface area contributed by atoms with Gasteiger partial charge in [0.05, 0.1) is 37.8 Å². The number of fused-ring (bicyclic) bond motifs is 1. The molecule has 2 aromatic carbocycles. The van der Waals surface area contributed by atoms with Gasteiger partial charge in [-0.3, -0.25) is 4.79 Å². The quantitative estimate of drug-likeness (QED) is 0.705. The highest BCUT2D eigenvalue weighted by atomic mass is 16.7. The fraction of sp³-hybridized carbons (Fsp3) is 0.333. The molecule has 0 aliphatic carbocycles. The molecule has 1 saturated heterocycles. The van der Waals surface area contributed by atoms with Crippen LogP contribution in [0.4, 0.5) is 0 Å². The lowest BCUT2D eigenvalue weighted by Crippen LogP contribution is -2.26. The molecule has 7 heteroatoms. The molecule has 7 nitrogen and oxygen atoms in total. The summed E-state index contributed by atoms with van der Waals surface area (Å²) in [5.41, 5.74) is 1.21. The first-order valence-corrected chi connectivity index (χ1v) is 9.28. The average molecular weight is 382 g/mol. The number of rotatable bonds is 6. The molecule has 1 aliphatic rings. The topological polar surface area (TPSA) is 82.7 Å². The second kappa shape index (κ2) is 8.41. The summed E-state index contributed by atoms with van der Waals surface area (Å²) in [7, 11) is 1.59. The summed E-state index contributed by atoms with van der Waals surface area (Å²) in [4.78, 5) is 19.7. The van der Waals surface area contributed by atoms with Gasteiger partial charge in [0.1, 0.15) is 5.82 Å². The monoisotopic (exact) mass is 382 g/mol. The van der Waals surface area contributed by atoms with Gasteiger partial charge in [-0.2, -0.15) is 0 Å². The van der Waals surface area contributed by atoms with Gasteiger partial charge in [-0.15, -0.1) is 0 Å². The first-order valence-electron chi connectivity index (χ1n) is 9.28. The van der Waals surface area contributed by atoms with Crippen molar-refractivity contribution >= 4 is 10.9 Å². The second-order valence-electron chi connectivity index (χ2n) is 6.46. The third kappa shape index (κ3) is 4.00. The molecule has 28 heavy (non-hydrogen) atoms. The summed E-state index contributed by atoms with van der Waals surface area (Å²) in [5.74, 6) is 1.67. The van der Waals surface area contributed by atoms with Gasteiger partial charge in [0.2, 0.25) is 0 Å². The van der Waals surface area contributed by atoms with Crippen LogP contribution in [-0.4, -0.2) is 43.2 Å². The maximum absolute atomic E-state index is 12.3. The van der Waals surface area contributed by atoms with Gasteiger partial charge in [0.25, 0.3) is 5.56 Å². The largest absolute Gasteiger partial charge is 0.493 e. The van der Waals surface area contributed by atoms with Crippen molar-refractivity contribution in [3.63, 3.8) is 0 Å². The summed E-state index contributed by atoms with van der Waals surface area (Å²) < 4.78 is 22.4. The Bertz CT molecular complexity index is 1010. The van der Waals surface area contributed by atoms with E-state index in [1.807, 2.05) is 30.3 Å². The molecule has 3 aromatic rings. The van der Waals surface area contributed by atoms with Gasteiger partial charge in [-0.1, -0.05) is 12.1 Å². The summed E-state index contributed by atoms with van der Waals surface area (Å²) >= 11 is 0. The van der Waals surface area contributed by atoms with Gasteiger partial charge in [0, 0.05) is 12.0 Å². The predicted molar refractivity (Wildman–Crippen MR) is 105 cm³/mol. The lowest BCUT2D eigenvalue weighted by molar-refractivity contribution is -0.183. The van der Waals surface area contributed by atoms with Crippen LogP contribution in [0.1, 0.15) is 12.8 Å². The molecule has 146 valence electrons. The van der Waals surface area contributed by atoms with E-state index in [9.17, 15) is 4.79 Å². The van der Waals surface area contributed by atoms with Crippen molar-refractivity contribution in [2.45, 2.75) is 19.1 Å². The highest BCUT2D eigenvalue weighted by molar-refractivity contribution is 5.79. The average Bonchev–Trinajstić information content (AvgIpc) is 2.74. The Morgan fingerprint density at radius 3 is 2.79 bits per heavy atom. The van der Waals surface area contributed by atoms with Crippen LogP contribution in [0.2, 0.25) is 0 Å². The molecule has 0 unspecified atom stereocenters. The Morgan fingerprint density at radius 2 is 1.96 bits per heavy atom. The van der Waals surface area contributed by atoms with E-state index in [2.05, 4.69) is 9.97 Å². The maximum Gasteiger partial charge on any atom is 0.259 e.